The number of nitrogens with one attached hydrogen (secondary N) is 2. The number of aliphatic carboxylic acids is 1. The highest BCUT2D eigenvalue weighted by molar-refractivity contribution is 9.10. The number of aliphatic hydroxyl groups is 1. The van der Waals surface area contributed by atoms with Crippen molar-refractivity contribution in [2.75, 3.05) is 16.8 Å². The van der Waals surface area contributed by atoms with Crippen molar-refractivity contribution in [2.24, 2.45) is 0 Å². The van der Waals surface area contributed by atoms with Gasteiger partial charge in [0.05, 0.1) is 17.0 Å². The first-order chi connectivity index (χ1) is 21.8. The molecule has 4 rings (SSSR count). The molecule has 0 aromatic heterocycles. The average molecular weight is 706 g/mol. The standard InChI is InChI=1S/C32H32BrF3N4O6/c33-25-14-24(32(34,35)36)15-26(16-25)38-29(19-40(45)46)39(27-12-10-22(11-13-27)21-4-2-1-3-5-21)18-20-6-8-23(9-7-20)30(42)37-17-28(41)31(43)44/h6-16,19,21,28,38,41H,1-5,17-18H2,(H,37,42)(H,43,44)/b29-19-/t28-/m1/s1. The van der Waals surface area contributed by atoms with E-state index in [-0.39, 0.29) is 28.1 Å². The molecule has 3 aromatic rings. The monoisotopic (exact) mass is 704 g/mol. The molecule has 0 bridgehead atoms. The highest BCUT2D eigenvalue weighted by atomic mass is 79.9. The third kappa shape index (κ3) is 9.54. The van der Waals surface area contributed by atoms with Gasteiger partial charge in [-0.2, -0.15) is 13.2 Å². The molecule has 0 heterocycles. The predicted molar refractivity (Wildman–Crippen MR) is 169 cm³/mol. The van der Waals surface area contributed by atoms with Crippen molar-refractivity contribution in [2.45, 2.75) is 56.8 Å². The van der Waals surface area contributed by atoms with Gasteiger partial charge < -0.3 is 25.7 Å². The molecule has 1 aliphatic carbocycles. The van der Waals surface area contributed by atoms with Crippen LogP contribution in [0.25, 0.3) is 0 Å². The van der Waals surface area contributed by atoms with Crippen LogP contribution in [0.3, 0.4) is 0 Å². The number of alkyl halides is 3. The van der Waals surface area contributed by atoms with E-state index in [0.717, 1.165) is 43.4 Å². The number of rotatable bonds is 12. The van der Waals surface area contributed by atoms with E-state index in [0.29, 0.717) is 23.4 Å². The van der Waals surface area contributed by atoms with Gasteiger partial charge in [0.15, 0.2) is 11.9 Å². The van der Waals surface area contributed by atoms with Crippen molar-refractivity contribution in [3.8, 4) is 0 Å². The van der Waals surface area contributed by atoms with Crippen LogP contribution in [-0.4, -0.2) is 39.7 Å². The molecule has 1 amide bonds. The maximum atomic E-state index is 13.6. The molecule has 0 saturated heterocycles. The van der Waals surface area contributed by atoms with Gasteiger partial charge in [0.1, 0.15) is 0 Å². The van der Waals surface area contributed by atoms with Crippen molar-refractivity contribution < 1.29 is 37.9 Å². The van der Waals surface area contributed by atoms with Crippen molar-refractivity contribution in [1.82, 2.24) is 5.32 Å². The van der Waals surface area contributed by atoms with Crippen LogP contribution in [-0.2, 0) is 17.5 Å². The molecule has 1 saturated carbocycles. The number of carboxylic acids is 1. The lowest BCUT2D eigenvalue weighted by atomic mass is 9.84. The van der Waals surface area contributed by atoms with Gasteiger partial charge >= 0.3 is 12.1 Å². The molecule has 1 aliphatic rings. The summed E-state index contributed by atoms with van der Waals surface area (Å²) in [6.07, 6.45) is -0.136. The molecule has 14 heteroatoms. The fourth-order valence-corrected chi connectivity index (χ4v) is 5.74. The topological polar surface area (TPSA) is 145 Å². The minimum Gasteiger partial charge on any atom is -0.479 e. The second-order valence-electron chi connectivity index (χ2n) is 10.9. The van der Waals surface area contributed by atoms with E-state index >= 15 is 0 Å². The number of aliphatic hydroxyl groups excluding tert-OH is 1. The van der Waals surface area contributed by atoms with E-state index in [2.05, 4.69) is 26.6 Å². The molecule has 0 aliphatic heterocycles. The minimum absolute atomic E-state index is 0.0230. The highest BCUT2D eigenvalue weighted by Gasteiger charge is 2.31. The predicted octanol–water partition coefficient (Wildman–Crippen LogP) is 6.89. The normalized spacial score (nSPS) is 14.8. The van der Waals surface area contributed by atoms with Crippen molar-refractivity contribution in [3.05, 3.63) is 116 Å². The number of carboxylic acid groups (broad SMARTS) is 1. The third-order valence-corrected chi connectivity index (χ3v) is 8.05. The molecule has 10 nitrogen and oxygen atoms in total. The smallest absolute Gasteiger partial charge is 0.416 e. The second-order valence-corrected chi connectivity index (χ2v) is 11.8. The molecule has 0 radical (unpaired) electrons. The SMILES string of the molecule is O=C(NC[C@@H](O)C(=O)O)c1ccc(CN(/C(=C\[N+](=O)[O-])Nc2cc(Br)cc(C(F)(F)F)c2)c2ccc(C3CCCCC3)cc2)cc1. The van der Waals surface area contributed by atoms with Crippen LogP contribution in [0.5, 0.6) is 0 Å². The van der Waals surface area contributed by atoms with Gasteiger partial charge in [-0.15, -0.1) is 0 Å². The van der Waals surface area contributed by atoms with E-state index < -0.39 is 41.2 Å². The number of benzene rings is 3. The van der Waals surface area contributed by atoms with Gasteiger partial charge in [0, 0.05) is 28.0 Å². The fraction of sp³-hybridized carbons (Fsp3) is 0.312. The van der Waals surface area contributed by atoms with Gasteiger partial charge in [0.2, 0.25) is 0 Å². The molecule has 46 heavy (non-hydrogen) atoms. The van der Waals surface area contributed by atoms with Crippen LogP contribution in [0.15, 0.2) is 83.2 Å². The summed E-state index contributed by atoms with van der Waals surface area (Å²) in [4.78, 5) is 35.9. The summed E-state index contributed by atoms with van der Waals surface area (Å²) in [7, 11) is 0. The largest absolute Gasteiger partial charge is 0.479 e. The van der Waals surface area contributed by atoms with Gasteiger partial charge in [-0.05, 0) is 72.4 Å². The van der Waals surface area contributed by atoms with Crippen molar-refractivity contribution in [1.29, 1.82) is 0 Å². The van der Waals surface area contributed by atoms with Crippen LogP contribution < -0.4 is 15.5 Å². The van der Waals surface area contributed by atoms with Crippen molar-refractivity contribution >= 4 is 39.2 Å². The summed E-state index contributed by atoms with van der Waals surface area (Å²) < 4.78 is 40.8. The number of amides is 1. The molecule has 244 valence electrons. The Kier molecular flexibility index (Phi) is 11.4. The first-order valence-electron chi connectivity index (χ1n) is 14.5. The Morgan fingerprint density at radius 2 is 1.70 bits per heavy atom. The Labute approximate surface area is 271 Å². The number of carbonyl (C=O) groups excluding carboxylic acids is 1. The summed E-state index contributed by atoms with van der Waals surface area (Å²) in [5, 5.41) is 35.1. The van der Waals surface area contributed by atoms with Gasteiger partial charge in [-0.1, -0.05) is 59.5 Å². The molecular weight excluding hydrogens is 673 g/mol. The molecule has 1 fully saturated rings. The van der Waals surface area contributed by atoms with Crippen molar-refractivity contribution in [3.63, 3.8) is 0 Å². The summed E-state index contributed by atoms with van der Waals surface area (Å²) in [5.74, 6) is -1.80. The third-order valence-electron chi connectivity index (χ3n) is 7.60. The number of carbonyl (C=O) groups is 2. The first kappa shape index (κ1) is 34.4. The highest BCUT2D eigenvalue weighted by Crippen LogP contribution is 2.36. The first-order valence-corrected chi connectivity index (χ1v) is 15.2. The number of halogens is 4. The zero-order valence-electron chi connectivity index (χ0n) is 24.5. The Bertz CT molecular complexity index is 1580. The van der Waals surface area contributed by atoms with Gasteiger partial charge in [0.25, 0.3) is 12.1 Å². The van der Waals surface area contributed by atoms with E-state index in [4.69, 9.17) is 5.11 Å². The summed E-state index contributed by atoms with van der Waals surface area (Å²) in [5.41, 5.74) is 1.47. The van der Waals surface area contributed by atoms with E-state index in [9.17, 15) is 38.0 Å². The lowest BCUT2D eigenvalue weighted by Crippen LogP contribution is -2.36. The lowest BCUT2D eigenvalue weighted by Gasteiger charge is -2.28. The molecule has 0 unspecified atom stereocenters. The Balaban J connectivity index is 1.67. The minimum atomic E-state index is -4.65. The number of anilines is 2. The Hall–Kier alpha value is -4.43. The molecular formula is C32H32BrF3N4O6. The summed E-state index contributed by atoms with van der Waals surface area (Å²) in [6, 6.07) is 16.8. The summed E-state index contributed by atoms with van der Waals surface area (Å²) in [6.45, 7) is -0.470. The van der Waals surface area contributed by atoms with E-state index in [1.165, 1.54) is 24.6 Å². The second kappa shape index (κ2) is 15.2. The van der Waals surface area contributed by atoms with Crippen LogP contribution in [0.2, 0.25) is 0 Å². The lowest BCUT2D eigenvalue weighted by molar-refractivity contribution is -0.403. The van der Waals surface area contributed by atoms with E-state index in [1.807, 2.05) is 24.3 Å². The number of nitro groups is 1. The number of hydrogen-bond donors (Lipinski definition) is 4. The zero-order valence-corrected chi connectivity index (χ0v) is 26.1. The molecule has 4 N–H and O–H groups in total. The number of nitrogens with zero attached hydrogens (tertiary/aromatic N) is 2. The van der Waals surface area contributed by atoms with Crippen LogP contribution in [0, 0.1) is 10.1 Å². The van der Waals surface area contributed by atoms with Gasteiger partial charge in [-0.25, -0.2) is 4.79 Å². The fourth-order valence-electron chi connectivity index (χ4n) is 5.24. The number of hydrogen-bond acceptors (Lipinski definition) is 7. The Morgan fingerprint density at radius 1 is 1.04 bits per heavy atom. The molecule has 1 atom stereocenters. The summed E-state index contributed by atoms with van der Waals surface area (Å²) >= 11 is 3.09. The van der Waals surface area contributed by atoms with E-state index in [1.54, 1.807) is 17.0 Å². The average Bonchev–Trinajstić information content (AvgIpc) is 3.02. The quantitative estimate of drug-likeness (QED) is 0.118. The van der Waals surface area contributed by atoms with Crippen LogP contribution in [0.4, 0.5) is 24.5 Å². The van der Waals surface area contributed by atoms with Gasteiger partial charge in [-0.3, -0.25) is 14.9 Å². The molecule has 3 aromatic carbocycles. The van der Waals surface area contributed by atoms with Crippen LogP contribution in [0.1, 0.15) is 65.1 Å². The van der Waals surface area contributed by atoms with Crippen LogP contribution >= 0.6 is 15.9 Å². The maximum Gasteiger partial charge on any atom is 0.416 e. The zero-order chi connectivity index (χ0) is 33.4. The molecule has 0 spiro atoms. The maximum absolute atomic E-state index is 13.6. The Morgan fingerprint density at radius 3 is 2.28 bits per heavy atom.